The van der Waals surface area contributed by atoms with Gasteiger partial charge in [0.1, 0.15) is 6.54 Å². The molecule has 0 aromatic heterocycles. The molecule has 0 saturated carbocycles. The van der Waals surface area contributed by atoms with E-state index in [0.717, 1.165) is 18.4 Å². The van der Waals surface area contributed by atoms with Gasteiger partial charge in [-0.2, -0.15) is 13.2 Å². The lowest BCUT2D eigenvalue weighted by Gasteiger charge is -2.32. The van der Waals surface area contributed by atoms with Crippen LogP contribution in [0.2, 0.25) is 0 Å². The summed E-state index contributed by atoms with van der Waals surface area (Å²) < 4.78 is 68.3. The van der Waals surface area contributed by atoms with E-state index in [2.05, 4.69) is 4.74 Å². The number of likely N-dealkylation sites (tertiary alicyclic amines) is 1. The molecule has 0 spiro atoms. The topological polar surface area (TPSA) is 84.0 Å². The highest BCUT2D eigenvalue weighted by molar-refractivity contribution is 7.92. The number of amides is 1. The first kappa shape index (κ1) is 22.0. The third-order valence-electron chi connectivity index (χ3n) is 4.52. The van der Waals surface area contributed by atoms with Crippen molar-refractivity contribution in [3.8, 4) is 0 Å². The zero-order valence-corrected chi connectivity index (χ0v) is 16.2. The summed E-state index contributed by atoms with van der Waals surface area (Å²) in [6.45, 7) is -0.152. The summed E-state index contributed by atoms with van der Waals surface area (Å²) in [6.07, 6.45) is -3.06. The summed E-state index contributed by atoms with van der Waals surface area (Å²) in [4.78, 5) is 25.5. The SMILES string of the molecule is COC(=O)C1CCN(C(=O)CN(c2cccc(C(F)(F)F)c2)S(C)(=O)=O)CC1. The molecular weight excluding hydrogens is 401 g/mol. The first-order valence-corrected chi connectivity index (χ1v) is 10.3. The second kappa shape index (κ2) is 8.38. The number of alkyl halides is 3. The second-order valence-corrected chi connectivity index (χ2v) is 8.40. The van der Waals surface area contributed by atoms with Crippen molar-refractivity contribution in [3.05, 3.63) is 29.8 Å². The Hall–Kier alpha value is -2.30. The van der Waals surface area contributed by atoms with E-state index < -0.39 is 34.2 Å². The number of carbonyl (C=O) groups is 2. The lowest BCUT2D eigenvalue weighted by molar-refractivity contribution is -0.148. The van der Waals surface area contributed by atoms with Gasteiger partial charge in [0.25, 0.3) is 0 Å². The number of halogens is 3. The Kier molecular flexibility index (Phi) is 6.58. The summed E-state index contributed by atoms with van der Waals surface area (Å²) in [6, 6.07) is 3.80. The molecule has 7 nitrogen and oxygen atoms in total. The average molecular weight is 422 g/mol. The smallest absolute Gasteiger partial charge is 0.416 e. The van der Waals surface area contributed by atoms with Crippen LogP contribution in [0.3, 0.4) is 0 Å². The summed E-state index contributed by atoms with van der Waals surface area (Å²) in [5.41, 5.74) is -1.25. The van der Waals surface area contributed by atoms with E-state index in [1.165, 1.54) is 18.1 Å². The largest absolute Gasteiger partial charge is 0.469 e. The van der Waals surface area contributed by atoms with Crippen LogP contribution in [-0.4, -0.2) is 58.2 Å². The van der Waals surface area contributed by atoms with Crippen LogP contribution in [0.1, 0.15) is 18.4 Å². The molecule has 1 amide bonds. The Morgan fingerprint density at radius 1 is 1.25 bits per heavy atom. The molecule has 1 saturated heterocycles. The molecule has 1 heterocycles. The average Bonchev–Trinajstić information content (AvgIpc) is 2.64. The predicted octanol–water partition coefficient (Wildman–Crippen LogP) is 1.88. The Morgan fingerprint density at radius 2 is 1.86 bits per heavy atom. The van der Waals surface area contributed by atoms with E-state index in [-0.39, 0.29) is 30.7 Å². The molecule has 0 N–H and O–H groups in total. The third-order valence-corrected chi connectivity index (χ3v) is 5.66. The maximum Gasteiger partial charge on any atom is 0.416 e. The first-order valence-electron chi connectivity index (χ1n) is 8.44. The number of nitrogens with zero attached hydrogens (tertiary/aromatic N) is 2. The summed E-state index contributed by atoms with van der Waals surface area (Å²) in [5.74, 6) is -1.25. The van der Waals surface area contributed by atoms with Crippen molar-refractivity contribution in [3.63, 3.8) is 0 Å². The van der Waals surface area contributed by atoms with Crippen molar-refractivity contribution >= 4 is 27.6 Å². The van der Waals surface area contributed by atoms with Crippen molar-refractivity contribution in [2.75, 3.05) is 37.3 Å². The van der Waals surface area contributed by atoms with Crippen molar-refractivity contribution in [2.24, 2.45) is 5.92 Å². The van der Waals surface area contributed by atoms with Crippen LogP contribution in [-0.2, 0) is 30.5 Å². The van der Waals surface area contributed by atoms with E-state index in [1.807, 2.05) is 0 Å². The normalized spacial score (nSPS) is 16.0. The number of anilines is 1. The molecule has 2 rings (SSSR count). The Labute approximate surface area is 161 Å². The molecule has 0 radical (unpaired) electrons. The van der Waals surface area contributed by atoms with Gasteiger partial charge in [-0.25, -0.2) is 8.42 Å². The minimum atomic E-state index is -4.64. The fourth-order valence-corrected chi connectivity index (χ4v) is 3.83. The number of piperidine rings is 1. The van der Waals surface area contributed by atoms with Crippen molar-refractivity contribution in [1.82, 2.24) is 4.90 Å². The molecular formula is C17H21F3N2O5S. The lowest BCUT2D eigenvalue weighted by atomic mass is 9.97. The molecule has 11 heteroatoms. The molecule has 1 fully saturated rings. The molecule has 0 bridgehead atoms. The van der Waals surface area contributed by atoms with Gasteiger partial charge in [-0.05, 0) is 31.0 Å². The standard InChI is InChI=1S/C17H21F3N2O5S/c1-27-16(24)12-6-8-21(9-7-12)15(23)11-22(28(2,25)26)14-5-3-4-13(10-14)17(18,19)20/h3-5,10,12H,6-9,11H2,1-2H3. The fraction of sp³-hybridized carbons (Fsp3) is 0.529. The fourth-order valence-electron chi connectivity index (χ4n) is 2.99. The van der Waals surface area contributed by atoms with Crippen LogP contribution in [0, 0.1) is 5.92 Å². The van der Waals surface area contributed by atoms with Crippen molar-refractivity contribution in [2.45, 2.75) is 19.0 Å². The van der Waals surface area contributed by atoms with E-state index in [4.69, 9.17) is 0 Å². The minimum absolute atomic E-state index is 0.235. The van der Waals surface area contributed by atoms with Crippen molar-refractivity contribution < 1.29 is 35.9 Å². The number of esters is 1. The first-order chi connectivity index (χ1) is 12.9. The number of ether oxygens (including phenoxy) is 1. The molecule has 1 aromatic carbocycles. The van der Waals surface area contributed by atoms with Gasteiger partial charge < -0.3 is 9.64 Å². The van der Waals surface area contributed by atoms with E-state index in [9.17, 15) is 31.2 Å². The summed E-state index contributed by atoms with van der Waals surface area (Å²) in [5, 5.41) is 0. The Bertz CT molecular complexity index is 833. The van der Waals surface area contributed by atoms with Crippen LogP contribution in [0.25, 0.3) is 0 Å². The highest BCUT2D eigenvalue weighted by atomic mass is 32.2. The van der Waals surface area contributed by atoms with Gasteiger partial charge in [-0.15, -0.1) is 0 Å². The van der Waals surface area contributed by atoms with Gasteiger partial charge in [0, 0.05) is 13.1 Å². The van der Waals surface area contributed by atoms with Gasteiger partial charge in [0.2, 0.25) is 15.9 Å². The van der Waals surface area contributed by atoms with E-state index in [0.29, 0.717) is 23.2 Å². The number of hydrogen-bond donors (Lipinski definition) is 0. The summed E-state index contributed by atoms with van der Waals surface area (Å²) >= 11 is 0. The Morgan fingerprint density at radius 3 is 2.36 bits per heavy atom. The third kappa shape index (κ3) is 5.37. The van der Waals surface area contributed by atoms with Gasteiger partial charge in [-0.1, -0.05) is 6.07 Å². The number of methoxy groups -OCH3 is 1. The monoisotopic (exact) mass is 422 g/mol. The number of carbonyl (C=O) groups excluding carboxylic acids is 2. The van der Waals surface area contributed by atoms with Crippen LogP contribution in [0.4, 0.5) is 18.9 Å². The highest BCUT2D eigenvalue weighted by Gasteiger charge is 2.33. The van der Waals surface area contributed by atoms with Crippen LogP contribution in [0.15, 0.2) is 24.3 Å². The van der Waals surface area contributed by atoms with Gasteiger partial charge >= 0.3 is 12.1 Å². The number of benzene rings is 1. The maximum atomic E-state index is 12.9. The van der Waals surface area contributed by atoms with Crippen LogP contribution in [0.5, 0.6) is 0 Å². The number of sulfonamides is 1. The molecule has 1 aromatic rings. The molecule has 28 heavy (non-hydrogen) atoms. The second-order valence-electron chi connectivity index (χ2n) is 6.50. The van der Waals surface area contributed by atoms with Gasteiger partial charge in [0.05, 0.1) is 30.5 Å². The van der Waals surface area contributed by atoms with Gasteiger partial charge in [0.15, 0.2) is 0 Å². The minimum Gasteiger partial charge on any atom is -0.469 e. The van der Waals surface area contributed by atoms with Crippen molar-refractivity contribution in [1.29, 1.82) is 0 Å². The van der Waals surface area contributed by atoms with Crippen LogP contribution >= 0.6 is 0 Å². The quantitative estimate of drug-likeness (QED) is 0.677. The maximum absolute atomic E-state index is 12.9. The Balaban J connectivity index is 2.16. The van der Waals surface area contributed by atoms with Gasteiger partial charge in [-0.3, -0.25) is 13.9 Å². The number of rotatable bonds is 5. The zero-order chi connectivity index (χ0) is 21.1. The molecule has 0 unspecified atom stereocenters. The molecule has 156 valence electrons. The molecule has 0 aliphatic carbocycles. The van der Waals surface area contributed by atoms with Crippen LogP contribution < -0.4 is 4.31 Å². The van der Waals surface area contributed by atoms with E-state index in [1.54, 1.807) is 0 Å². The molecule has 1 aliphatic rings. The lowest BCUT2D eigenvalue weighted by Crippen LogP contribution is -2.46. The zero-order valence-electron chi connectivity index (χ0n) is 15.4. The molecule has 0 atom stereocenters. The summed E-state index contributed by atoms with van der Waals surface area (Å²) in [7, 11) is -2.72. The van der Waals surface area contributed by atoms with E-state index >= 15 is 0 Å². The highest BCUT2D eigenvalue weighted by Crippen LogP contribution is 2.32. The molecule has 1 aliphatic heterocycles. The predicted molar refractivity (Wildman–Crippen MR) is 95.0 cm³/mol. The number of hydrogen-bond acceptors (Lipinski definition) is 5.